The number of nitrogens with one attached hydrogen (secondary N) is 1. The zero-order valence-electron chi connectivity index (χ0n) is 14.9. The van der Waals surface area contributed by atoms with E-state index in [2.05, 4.69) is 15.7 Å². The molecule has 5 nitrogen and oxygen atoms in total. The van der Waals surface area contributed by atoms with Crippen LogP contribution in [0.25, 0.3) is 0 Å². The summed E-state index contributed by atoms with van der Waals surface area (Å²) < 4.78 is 5.57. The molecule has 1 aromatic carbocycles. The van der Waals surface area contributed by atoms with Crippen molar-refractivity contribution in [2.24, 2.45) is 0 Å². The lowest BCUT2D eigenvalue weighted by Gasteiger charge is -2.14. The first-order valence-corrected chi connectivity index (χ1v) is 8.92. The summed E-state index contributed by atoms with van der Waals surface area (Å²) in [4.78, 5) is 18.3. The van der Waals surface area contributed by atoms with Crippen LogP contribution >= 0.6 is 11.3 Å². The Kier molecular flexibility index (Phi) is 6.34. The van der Waals surface area contributed by atoms with E-state index in [-0.39, 0.29) is 12.0 Å². The monoisotopic (exact) mass is 347 g/mol. The highest BCUT2D eigenvalue weighted by molar-refractivity contribution is 7.09. The lowest BCUT2D eigenvalue weighted by Crippen LogP contribution is -2.22. The van der Waals surface area contributed by atoms with Crippen molar-refractivity contribution in [3.05, 3.63) is 45.4 Å². The topological polar surface area (TPSA) is 54.5 Å². The third-order valence-corrected chi connectivity index (χ3v) is 4.73. The van der Waals surface area contributed by atoms with Crippen LogP contribution in [0, 0.1) is 6.92 Å². The van der Waals surface area contributed by atoms with Gasteiger partial charge < -0.3 is 15.0 Å². The second-order valence-corrected chi connectivity index (χ2v) is 6.75. The number of thiazole rings is 1. The number of anilines is 1. The predicted octanol–water partition coefficient (Wildman–Crippen LogP) is 3.86. The van der Waals surface area contributed by atoms with Gasteiger partial charge >= 0.3 is 0 Å². The molecule has 2 aromatic rings. The first kappa shape index (κ1) is 18.4. The molecule has 0 radical (unpaired) electrons. The van der Waals surface area contributed by atoms with Gasteiger partial charge in [-0.2, -0.15) is 0 Å². The molecule has 0 spiro atoms. The fraction of sp³-hybridized carbons (Fsp3) is 0.444. The lowest BCUT2D eigenvalue weighted by molar-refractivity contribution is 0.0761. The zero-order valence-corrected chi connectivity index (χ0v) is 15.7. The highest BCUT2D eigenvalue weighted by Gasteiger charge is 2.12. The number of benzene rings is 1. The van der Waals surface area contributed by atoms with Gasteiger partial charge in [0.25, 0.3) is 5.91 Å². The largest absolute Gasteiger partial charge is 0.379 e. The number of carbonyl (C=O) groups is 1. The van der Waals surface area contributed by atoms with Gasteiger partial charge in [-0.3, -0.25) is 4.79 Å². The smallest absolute Gasteiger partial charge is 0.253 e. The van der Waals surface area contributed by atoms with E-state index in [1.54, 1.807) is 30.3 Å². The number of carbonyl (C=O) groups excluding carboxylic acids is 1. The highest BCUT2D eigenvalue weighted by atomic mass is 32.1. The quantitative estimate of drug-likeness (QED) is 0.826. The average Bonchev–Trinajstić information content (AvgIpc) is 3.01. The van der Waals surface area contributed by atoms with Gasteiger partial charge in [0.15, 0.2) is 0 Å². The molecule has 0 aliphatic heterocycles. The molecule has 1 N–H and O–H groups in total. The third kappa shape index (κ3) is 4.55. The van der Waals surface area contributed by atoms with Gasteiger partial charge in [-0.15, -0.1) is 11.3 Å². The van der Waals surface area contributed by atoms with Gasteiger partial charge in [-0.25, -0.2) is 4.98 Å². The second kappa shape index (κ2) is 8.26. The van der Waals surface area contributed by atoms with Crippen LogP contribution in [0.4, 0.5) is 5.69 Å². The molecule has 0 aliphatic rings. The van der Waals surface area contributed by atoms with Gasteiger partial charge in [0, 0.05) is 37.3 Å². The van der Waals surface area contributed by atoms with Crippen LogP contribution in [-0.4, -0.2) is 36.5 Å². The molecule has 0 unspecified atom stereocenters. The number of hydrogen-bond acceptors (Lipinski definition) is 5. The number of aryl methyl sites for hydroxylation is 1. The Morgan fingerprint density at radius 2 is 2.17 bits per heavy atom. The molecule has 1 aromatic heterocycles. The van der Waals surface area contributed by atoms with Crippen molar-refractivity contribution in [3.63, 3.8) is 0 Å². The van der Waals surface area contributed by atoms with Gasteiger partial charge in [-0.05, 0) is 44.5 Å². The van der Waals surface area contributed by atoms with Crippen LogP contribution in [0.5, 0.6) is 0 Å². The number of ether oxygens (including phenoxy) is 1. The first-order valence-electron chi connectivity index (χ1n) is 8.04. The number of aromatic nitrogens is 1. The van der Waals surface area contributed by atoms with E-state index in [4.69, 9.17) is 4.74 Å². The van der Waals surface area contributed by atoms with Crippen LogP contribution in [-0.2, 0) is 11.3 Å². The SMILES string of the molecule is CCO[C@H](C)c1nc(CNc2ccc(C(=O)N(C)C)c(C)c2)cs1. The summed E-state index contributed by atoms with van der Waals surface area (Å²) in [6.07, 6.45) is 0.0346. The summed E-state index contributed by atoms with van der Waals surface area (Å²) in [5, 5.41) is 6.41. The standard InChI is InChI=1S/C18H25N3O2S/c1-6-23-13(3)17-20-15(11-24-17)10-19-14-7-8-16(12(2)9-14)18(22)21(4)5/h7-9,11,13,19H,6,10H2,1-5H3/t13-/m1/s1. The summed E-state index contributed by atoms with van der Waals surface area (Å²) in [5.74, 6) is 0.0214. The van der Waals surface area contributed by atoms with Crippen molar-refractivity contribution in [2.45, 2.75) is 33.4 Å². The summed E-state index contributed by atoms with van der Waals surface area (Å²) in [6.45, 7) is 7.29. The minimum absolute atomic E-state index is 0.0214. The van der Waals surface area contributed by atoms with E-state index in [9.17, 15) is 4.79 Å². The van der Waals surface area contributed by atoms with Crippen LogP contribution < -0.4 is 5.32 Å². The minimum atomic E-state index is 0.0214. The summed E-state index contributed by atoms with van der Waals surface area (Å²) >= 11 is 1.62. The van der Waals surface area contributed by atoms with Crippen LogP contribution in [0.2, 0.25) is 0 Å². The van der Waals surface area contributed by atoms with Crippen molar-refractivity contribution in [1.29, 1.82) is 0 Å². The van der Waals surface area contributed by atoms with Crippen LogP contribution in [0.15, 0.2) is 23.6 Å². The van der Waals surface area contributed by atoms with Crippen molar-refractivity contribution in [2.75, 3.05) is 26.0 Å². The molecule has 0 saturated carbocycles. The molecule has 0 bridgehead atoms. The molecule has 2 rings (SSSR count). The van der Waals surface area contributed by atoms with E-state index < -0.39 is 0 Å². The van der Waals surface area contributed by atoms with Crippen LogP contribution in [0.3, 0.4) is 0 Å². The molecule has 1 heterocycles. The second-order valence-electron chi connectivity index (χ2n) is 5.86. The molecule has 1 atom stereocenters. The Morgan fingerprint density at radius 1 is 1.42 bits per heavy atom. The predicted molar refractivity (Wildman–Crippen MR) is 98.7 cm³/mol. The van der Waals surface area contributed by atoms with Gasteiger partial charge in [-0.1, -0.05) is 0 Å². The molecule has 24 heavy (non-hydrogen) atoms. The maximum Gasteiger partial charge on any atom is 0.253 e. The summed E-state index contributed by atoms with van der Waals surface area (Å²) in [5.41, 5.74) is 3.66. The normalized spacial score (nSPS) is 12.0. The zero-order chi connectivity index (χ0) is 17.7. The van der Waals surface area contributed by atoms with Gasteiger partial charge in [0.1, 0.15) is 11.1 Å². The van der Waals surface area contributed by atoms with Crippen molar-refractivity contribution < 1.29 is 9.53 Å². The maximum absolute atomic E-state index is 12.1. The number of hydrogen-bond donors (Lipinski definition) is 1. The highest BCUT2D eigenvalue weighted by Crippen LogP contribution is 2.22. The molecule has 0 aliphatic carbocycles. The molecule has 130 valence electrons. The molecule has 6 heteroatoms. The third-order valence-electron chi connectivity index (χ3n) is 3.67. The van der Waals surface area contributed by atoms with E-state index >= 15 is 0 Å². The average molecular weight is 347 g/mol. The van der Waals surface area contributed by atoms with Crippen molar-refractivity contribution >= 4 is 22.9 Å². The van der Waals surface area contributed by atoms with Crippen molar-refractivity contribution in [3.8, 4) is 0 Å². The summed E-state index contributed by atoms with van der Waals surface area (Å²) in [7, 11) is 3.52. The Bertz CT molecular complexity index is 697. The molecule has 0 fully saturated rings. The lowest BCUT2D eigenvalue weighted by atomic mass is 10.1. The molecule has 1 amide bonds. The fourth-order valence-electron chi connectivity index (χ4n) is 2.36. The minimum Gasteiger partial charge on any atom is -0.379 e. The van der Waals surface area contributed by atoms with E-state index in [0.29, 0.717) is 13.2 Å². The Morgan fingerprint density at radius 3 is 2.79 bits per heavy atom. The van der Waals surface area contributed by atoms with Gasteiger partial charge in [0.05, 0.1) is 12.2 Å². The maximum atomic E-state index is 12.1. The van der Waals surface area contributed by atoms with E-state index in [1.807, 2.05) is 39.0 Å². The molecule has 0 saturated heterocycles. The first-order chi connectivity index (χ1) is 11.4. The Balaban J connectivity index is 2.00. The fourth-order valence-corrected chi connectivity index (χ4v) is 3.18. The van der Waals surface area contributed by atoms with Crippen molar-refractivity contribution in [1.82, 2.24) is 9.88 Å². The van der Waals surface area contributed by atoms with Gasteiger partial charge in [0.2, 0.25) is 0 Å². The molecular formula is C18H25N3O2S. The number of amides is 1. The molecular weight excluding hydrogens is 322 g/mol. The van der Waals surface area contributed by atoms with E-state index in [0.717, 1.165) is 27.5 Å². The number of rotatable bonds is 7. The van der Waals surface area contributed by atoms with Crippen LogP contribution in [0.1, 0.15) is 46.6 Å². The van der Waals surface area contributed by atoms with E-state index in [1.165, 1.54) is 0 Å². The summed E-state index contributed by atoms with van der Waals surface area (Å²) in [6, 6.07) is 5.79. The Labute approximate surface area is 147 Å². The Hall–Kier alpha value is -1.92. The number of nitrogens with zero attached hydrogens (tertiary/aromatic N) is 2.